The maximum absolute atomic E-state index is 13.8. The largest absolute Gasteiger partial charge is 0.355 e. The molecule has 3 rings (SSSR count). The van der Waals surface area contributed by atoms with Gasteiger partial charge in [-0.25, -0.2) is 8.42 Å². The Labute approximate surface area is 234 Å². The summed E-state index contributed by atoms with van der Waals surface area (Å²) in [5, 5.41) is 3.49. The number of hydrogen-bond donors (Lipinski definition) is 1. The summed E-state index contributed by atoms with van der Waals surface area (Å²) >= 11 is 12.4. The summed E-state index contributed by atoms with van der Waals surface area (Å²) in [6.45, 7) is 6.97. The van der Waals surface area contributed by atoms with E-state index in [0.29, 0.717) is 27.8 Å². The van der Waals surface area contributed by atoms with E-state index in [0.717, 1.165) is 15.4 Å². The number of likely N-dealkylation sites (N-methyl/N-ethyl adjacent to an activating group) is 1. The number of carbonyl (C=O) groups is 2. The van der Waals surface area contributed by atoms with E-state index in [1.807, 2.05) is 13.8 Å². The molecule has 1 atom stereocenters. The van der Waals surface area contributed by atoms with Crippen LogP contribution in [0.15, 0.2) is 71.6 Å². The van der Waals surface area contributed by atoms with E-state index < -0.39 is 28.5 Å². The zero-order valence-corrected chi connectivity index (χ0v) is 24.1. The number of benzene rings is 3. The lowest BCUT2D eigenvalue weighted by Gasteiger charge is -2.32. The third-order valence-corrected chi connectivity index (χ3v) is 8.46. The quantitative estimate of drug-likeness (QED) is 0.352. The van der Waals surface area contributed by atoms with Gasteiger partial charge in [-0.05, 0) is 69.7 Å². The molecule has 0 saturated carbocycles. The van der Waals surface area contributed by atoms with Gasteiger partial charge in [0.25, 0.3) is 10.0 Å². The lowest BCUT2D eigenvalue weighted by molar-refractivity contribution is -0.139. The van der Waals surface area contributed by atoms with Gasteiger partial charge in [0.15, 0.2) is 0 Å². The Morgan fingerprint density at radius 3 is 2.05 bits per heavy atom. The third-order valence-electron chi connectivity index (χ3n) is 6.08. The Kier molecular flexibility index (Phi) is 9.82. The maximum atomic E-state index is 13.8. The van der Waals surface area contributed by atoms with Crippen LogP contribution in [0.3, 0.4) is 0 Å². The minimum Gasteiger partial charge on any atom is -0.355 e. The van der Waals surface area contributed by atoms with E-state index in [9.17, 15) is 18.0 Å². The second-order valence-corrected chi connectivity index (χ2v) is 11.7. The third kappa shape index (κ3) is 7.07. The molecule has 10 heteroatoms. The summed E-state index contributed by atoms with van der Waals surface area (Å²) in [6, 6.07) is 17.3. The lowest BCUT2D eigenvalue weighted by atomic mass is 10.1. The van der Waals surface area contributed by atoms with Crippen LogP contribution in [0.2, 0.25) is 10.0 Å². The zero-order chi connectivity index (χ0) is 28.0. The molecule has 0 bridgehead atoms. The van der Waals surface area contributed by atoms with Crippen molar-refractivity contribution in [3.63, 3.8) is 0 Å². The Hall–Kier alpha value is -3.07. The normalized spacial score (nSPS) is 12.1. The van der Waals surface area contributed by atoms with Crippen molar-refractivity contribution in [1.29, 1.82) is 0 Å². The molecular formula is C28H31Cl2N3O4S. The zero-order valence-electron chi connectivity index (χ0n) is 21.7. The van der Waals surface area contributed by atoms with Crippen LogP contribution in [0, 0.1) is 13.8 Å². The molecule has 3 aromatic carbocycles. The van der Waals surface area contributed by atoms with Gasteiger partial charge in [-0.1, -0.05) is 64.7 Å². The average Bonchev–Trinajstić information content (AvgIpc) is 2.87. The molecule has 1 N–H and O–H groups in total. The molecule has 0 aromatic heterocycles. The summed E-state index contributed by atoms with van der Waals surface area (Å²) in [4.78, 5) is 28.0. The van der Waals surface area contributed by atoms with Gasteiger partial charge in [0.2, 0.25) is 11.8 Å². The number of nitrogens with zero attached hydrogens (tertiary/aromatic N) is 2. The smallest absolute Gasteiger partial charge is 0.264 e. The topological polar surface area (TPSA) is 86.8 Å². The van der Waals surface area contributed by atoms with Gasteiger partial charge in [0, 0.05) is 23.1 Å². The standard InChI is InChI=1S/C28H31Cl2N3O4S/c1-5-31-28(35)21(4)32(17-22-10-11-23(29)16-26(22)30)27(34)18-33(24-12-6-19(2)7-13-24)38(36,37)25-14-8-20(3)9-15-25/h6-16,21H,5,17-18H2,1-4H3,(H,31,35)/t21-/m0/s1. The fourth-order valence-electron chi connectivity index (χ4n) is 3.82. The summed E-state index contributed by atoms with van der Waals surface area (Å²) in [5.74, 6) is -0.930. The molecule has 0 saturated heterocycles. The Bertz CT molecular complexity index is 1390. The van der Waals surface area contributed by atoms with Crippen molar-refractivity contribution >= 4 is 50.7 Å². The first-order valence-electron chi connectivity index (χ1n) is 12.1. The molecule has 202 valence electrons. The van der Waals surface area contributed by atoms with Crippen LogP contribution in [0.1, 0.15) is 30.5 Å². The molecule has 0 spiro atoms. The molecule has 2 amide bonds. The van der Waals surface area contributed by atoms with Crippen LogP contribution in [-0.2, 0) is 26.2 Å². The summed E-state index contributed by atoms with van der Waals surface area (Å²) in [7, 11) is -4.11. The number of anilines is 1. The average molecular weight is 577 g/mol. The highest BCUT2D eigenvalue weighted by molar-refractivity contribution is 7.92. The number of halogens is 2. The Balaban J connectivity index is 2.04. The van der Waals surface area contributed by atoms with Gasteiger partial charge >= 0.3 is 0 Å². The van der Waals surface area contributed by atoms with Crippen LogP contribution in [0.5, 0.6) is 0 Å². The monoisotopic (exact) mass is 575 g/mol. The molecule has 7 nitrogen and oxygen atoms in total. The molecule has 38 heavy (non-hydrogen) atoms. The highest BCUT2D eigenvalue weighted by atomic mass is 35.5. The SMILES string of the molecule is CCNC(=O)[C@H](C)N(Cc1ccc(Cl)cc1Cl)C(=O)CN(c1ccc(C)cc1)S(=O)(=O)c1ccc(C)cc1. The number of amides is 2. The van der Waals surface area contributed by atoms with Crippen LogP contribution < -0.4 is 9.62 Å². The predicted molar refractivity (Wildman–Crippen MR) is 152 cm³/mol. The Morgan fingerprint density at radius 2 is 1.50 bits per heavy atom. The van der Waals surface area contributed by atoms with Crippen molar-refractivity contribution in [2.24, 2.45) is 0 Å². The summed E-state index contributed by atoms with van der Waals surface area (Å²) in [5.41, 5.74) is 2.75. The maximum Gasteiger partial charge on any atom is 0.264 e. The van der Waals surface area contributed by atoms with Gasteiger partial charge in [0.05, 0.1) is 10.6 Å². The lowest BCUT2D eigenvalue weighted by Crippen LogP contribution is -2.51. The number of carbonyl (C=O) groups excluding carboxylic acids is 2. The first-order chi connectivity index (χ1) is 17.9. The molecule has 0 unspecified atom stereocenters. The second-order valence-electron chi connectivity index (χ2n) is 8.99. The highest BCUT2D eigenvalue weighted by Gasteiger charge is 2.32. The van der Waals surface area contributed by atoms with Crippen molar-refractivity contribution in [2.75, 3.05) is 17.4 Å². The van der Waals surface area contributed by atoms with E-state index in [-0.39, 0.29) is 17.3 Å². The van der Waals surface area contributed by atoms with E-state index in [2.05, 4.69) is 5.32 Å². The van der Waals surface area contributed by atoms with E-state index >= 15 is 0 Å². The van der Waals surface area contributed by atoms with Crippen LogP contribution in [-0.4, -0.2) is 44.3 Å². The molecule has 0 fully saturated rings. The molecule has 0 radical (unpaired) electrons. The fourth-order valence-corrected chi connectivity index (χ4v) is 5.70. The highest BCUT2D eigenvalue weighted by Crippen LogP contribution is 2.27. The van der Waals surface area contributed by atoms with Crippen molar-refractivity contribution in [1.82, 2.24) is 10.2 Å². The van der Waals surface area contributed by atoms with E-state index in [1.54, 1.807) is 68.4 Å². The first-order valence-corrected chi connectivity index (χ1v) is 14.3. The van der Waals surface area contributed by atoms with Crippen LogP contribution >= 0.6 is 23.2 Å². The minimum absolute atomic E-state index is 0.0144. The number of aryl methyl sites for hydroxylation is 2. The van der Waals surface area contributed by atoms with Crippen molar-refractivity contribution in [3.05, 3.63) is 93.5 Å². The summed E-state index contributed by atoms with van der Waals surface area (Å²) < 4.78 is 28.6. The molecule has 0 aliphatic rings. The molecule has 0 aliphatic heterocycles. The minimum atomic E-state index is -4.11. The van der Waals surface area contributed by atoms with E-state index in [1.165, 1.54) is 17.0 Å². The predicted octanol–water partition coefficient (Wildman–Crippen LogP) is 5.36. The van der Waals surface area contributed by atoms with Gasteiger partial charge < -0.3 is 10.2 Å². The van der Waals surface area contributed by atoms with Gasteiger partial charge in [0.1, 0.15) is 12.6 Å². The van der Waals surface area contributed by atoms with Crippen molar-refractivity contribution in [3.8, 4) is 0 Å². The van der Waals surface area contributed by atoms with E-state index in [4.69, 9.17) is 23.2 Å². The number of rotatable bonds is 10. The molecule has 0 aliphatic carbocycles. The molecular weight excluding hydrogens is 545 g/mol. The Morgan fingerprint density at radius 1 is 0.921 bits per heavy atom. The number of hydrogen-bond acceptors (Lipinski definition) is 4. The first kappa shape index (κ1) is 29.5. The van der Waals surface area contributed by atoms with Crippen LogP contribution in [0.4, 0.5) is 5.69 Å². The van der Waals surface area contributed by atoms with Crippen molar-refractivity contribution < 1.29 is 18.0 Å². The van der Waals surface area contributed by atoms with Gasteiger partial charge in [-0.3, -0.25) is 13.9 Å². The molecule has 0 heterocycles. The molecule has 3 aromatic rings. The van der Waals surface area contributed by atoms with Crippen LogP contribution in [0.25, 0.3) is 0 Å². The number of nitrogens with one attached hydrogen (secondary N) is 1. The fraction of sp³-hybridized carbons (Fsp3) is 0.286. The van der Waals surface area contributed by atoms with Crippen molar-refractivity contribution in [2.45, 2.75) is 45.2 Å². The van der Waals surface area contributed by atoms with Gasteiger partial charge in [-0.15, -0.1) is 0 Å². The van der Waals surface area contributed by atoms with Gasteiger partial charge in [-0.2, -0.15) is 0 Å². The second kappa shape index (κ2) is 12.7. The summed E-state index contributed by atoms with van der Waals surface area (Å²) in [6.07, 6.45) is 0. The number of sulfonamides is 1.